The molecule has 0 unspecified atom stereocenters. The first-order chi connectivity index (χ1) is 41.6. The number of rotatable bonds is 6. The fourth-order valence-electron chi connectivity index (χ4n) is 15.9. The molecule has 0 radical (unpaired) electrons. The number of hydrogen-bond donors (Lipinski definition) is 0. The SMILES string of the molecule is c1ccc(C2(c3ccccc3)c3ccccc3-c3ccc(-c4cccc(N(c5ccc6c(c5)-c5ccccc5C65c6ccccc6Oc6ccccc65)c5ccc6c(c5)-c5ccccc5C65c6ccccc6Sc6ccccc65)c4)cc32)cc1. The second-order valence-corrected chi connectivity index (χ2v) is 24.0. The lowest BCUT2D eigenvalue weighted by atomic mass is 9.66. The van der Waals surface area contributed by atoms with Gasteiger partial charge in [0.2, 0.25) is 0 Å². The van der Waals surface area contributed by atoms with Crippen LogP contribution in [0.5, 0.6) is 11.5 Å². The summed E-state index contributed by atoms with van der Waals surface area (Å²) in [7, 11) is 0. The zero-order valence-corrected chi connectivity index (χ0v) is 46.5. The van der Waals surface area contributed by atoms with Crippen molar-refractivity contribution in [3.05, 3.63) is 376 Å². The summed E-state index contributed by atoms with van der Waals surface area (Å²) in [4.78, 5) is 5.11. The van der Waals surface area contributed by atoms with Crippen molar-refractivity contribution in [2.24, 2.45) is 0 Å². The fraction of sp³-hybridized carbons (Fsp3) is 0.0370. The number of nitrogens with zero attached hydrogens (tertiary/aromatic N) is 1. The molecule has 392 valence electrons. The number of fused-ring (bicyclic) bond motifs is 21. The van der Waals surface area contributed by atoms with E-state index in [0.29, 0.717) is 0 Å². The third-order valence-electron chi connectivity index (χ3n) is 19.1. The van der Waals surface area contributed by atoms with E-state index in [1.54, 1.807) is 0 Å². The van der Waals surface area contributed by atoms with Crippen LogP contribution in [0, 0.1) is 0 Å². The highest BCUT2D eigenvalue weighted by atomic mass is 32.2. The maximum absolute atomic E-state index is 6.75. The van der Waals surface area contributed by atoms with E-state index in [2.05, 4.69) is 314 Å². The standard InChI is InChI=1S/C81H51NOS/c1-3-23-54(24-4-1)79(55-25-5-2-6-26-55)65-31-10-7-28-59(65)62-45-42-53(49-74(62)79)52-22-21-27-56(48-52)82(57-43-46-68-63(50-57)60-29-8-11-32-66(60)80(68)70-34-13-17-38-75(70)83-76-39-18-14-35-71(76)80)58-44-47-69-64(51-58)61-30-9-12-33-67(61)81(69)72-36-15-19-40-77(72)84-78-41-20-16-37-73(78)81/h1-51H. The Hall–Kier alpha value is -10.2. The Morgan fingerprint density at radius 2 is 0.631 bits per heavy atom. The maximum Gasteiger partial charge on any atom is 0.132 e. The van der Waals surface area contributed by atoms with Gasteiger partial charge in [0.15, 0.2) is 0 Å². The van der Waals surface area contributed by atoms with Crippen molar-refractivity contribution >= 4 is 28.8 Å². The fourth-order valence-corrected chi connectivity index (χ4v) is 17.1. The average Bonchev–Trinajstić information content (AvgIpc) is 1.63. The van der Waals surface area contributed by atoms with Gasteiger partial charge in [-0.1, -0.05) is 254 Å². The Morgan fingerprint density at radius 3 is 1.18 bits per heavy atom. The molecule has 0 fully saturated rings. The van der Waals surface area contributed by atoms with E-state index in [0.717, 1.165) is 45.3 Å². The molecule has 2 nitrogen and oxygen atoms in total. The maximum atomic E-state index is 6.75. The molecule has 0 amide bonds. The molecule has 84 heavy (non-hydrogen) atoms. The third-order valence-corrected chi connectivity index (χ3v) is 20.2. The first-order valence-electron chi connectivity index (χ1n) is 29.1. The summed E-state index contributed by atoms with van der Waals surface area (Å²) in [6.45, 7) is 0. The molecular weight excluding hydrogens is 1030 g/mol. The number of anilines is 3. The van der Waals surface area contributed by atoms with Crippen LogP contribution in [-0.2, 0) is 16.2 Å². The second-order valence-electron chi connectivity index (χ2n) is 22.9. The molecule has 0 atom stereocenters. The molecule has 5 aliphatic rings. The molecule has 0 saturated heterocycles. The van der Waals surface area contributed by atoms with Gasteiger partial charge in [0.1, 0.15) is 11.5 Å². The summed E-state index contributed by atoms with van der Waals surface area (Å²) in [6, 6.07) is 116. The summed E-state index contributed by atoms with van der Waals surface area (Å²) in [6.07, 6.45) is 0. The number of benzene rings is 13. The van der Waals surface area contributed by atoms with E-state index < -0.39 is 16.2 Å². The van der Waals surface area contributed by atoms with Gasteiger partial charge in [-0.3, -0.25) is 0 Å². The van der Waals surface area contributed by atoms with E-state index in [1.165, 1.54) is 104 Å². The van der Waals surface area contributed by atoms with Gasteiger partial charge in [-0.2, -0.15) is 0 Å². The van der Waals surface area contributed by atoms with Crippen LogP contribution in [0.1, 0.15) is 66.8 Å². The van der Waals surface area contributed by atoms with Gasteiger partial charge in [-0.15, -0.1) is 0 Å². The van der Waals surface area contributed by atoms with Gasteiger partial charge in [0, 0.05) is 38.0 Å². The van der Waals surface area contributed by atoms with Crippen molar-refractivity contribution in [2.75, 3.05) is 4.90 Å². The second kappa shape index (κ2) is 17.9. The van der Waals surface area contributed by atoms with Crippen molar-refractivity contribution in [2.45, 2.75) is 26.0 Å². The highest BCUT2D eigenvalue weighted by molar-refractivity contribution is 7.99. The Kier molecular flexibility index (Phi) is 10.1. The quantitative estimate of drug-likeness (QED) is 0.165. The van der Waals surface area contributed by atoms with Gasteiger partial charge < -0.3 is 9.64 Å². The van der Waals surface area contributed by atoms with Gasteiger partial charge in [-0.25, -0.2) is 0 Å². The molecule has 2 aliphatic heterocycles. The summed E-state index contributed by atoms with van der Waals surface area (Å²) < 4.78 is 6.75. The molecule has 18 rings (SSSR count). The van der Waals surface area contributed by atoms with Crippen LogP contribution in [0.25, 0.3) is 44.5 Å². The predicted octanol–water partition coefficient (Wildman–Crippen LogP) is 20.5. The van der Waals surface area contributed by atoms with E-state index >= 15 is 0 Å². The summed E-state index contributed by atoms with van der Waals surface area (Å²) in [5.74, 6) is 1.78. The Morgan fingerprint density at radius 1 is 0.238 bits per heavy atom. The van der Waals surface area contributed by atoms with Gasteiger partial charge in [0.05, 0.1) is 16.2 Å². The first kappa shape index (κ1) is 47.4. The molecule has 3 aliphatic carbocycles. The van der Waals surface area contributed by atoms with E-state index in [9.17, 15) is 0 Å². The predicted molar refractivity (Wildman–Crippen MR) is 343 cm³/mol. The minimum atomic E-state index is -0.584. The Balaban J connectivity index is 0.868. The van der Waals surface area contributed by atoms with E-state index in [1.807, 2.05) is 11.8 Å². The molecule has 0 saturated carbocycles. The molecular formula is C81H51NOS. The highest BCUT2D eigenvalue weighted by Crippen LogP contribution is 2.65. The van der Waals surface area contributed by atoms with Crippen LogP contribution in [0.3, 0.4) is 0 Å². The van der Waals surface area contributed by atoms with Gasteiger partial charge in [0.25, 0.3) is 0 Å². The molecule has 3 heteroatoms. The van der Waals surface area contributed by atoms with Crippen LogP contribution in [0.2, 0.25) is 0 Å². The average molecular weight is 1090 g/mol. The minimum absolute atomic E-state index is 0.489. The van der Waals surface area contributed by atoms with Crippen LogP contribution < -0.4 is 9.64 Å². The minimum Gasteiger partial charge on any atom is -0.457 e. The smallest absolute Gasteiger partial charge is 0.132 e. The third kappa shape index (κ3) is 6.26. The normalized spacial score (nSPS) is 14.8. The van der Waals surface area contributed by atoms with Gasteiger partial charge in [-0.05, 0) is 167 Å². The van der Waals surface area contributed by atoms with Crippen LogP contribution in [0.15, 0.2) is 319 Å². The van der Waals surface area contributed by atoms with Crippen molar-refractivity contribution in [1.29, 1.82) is 0 Å². The largest absolute Gasteiger partial charge is 0.457 e. The molecule has 2 heterocycles. The molecule has 0 aromatic heterocycles. The number of para-hydroxylation sites is 2. The van der Waals surface area contributed by atoms with Gasteiger partial charge >= 0.3 is 0 Å². The number of hydrogen-bond acceptors (Lipinski definition) is 3. The lowest BCUT2D eigenvalue weighted by molar-refractivity contribution is 0.436. The topological polar surface area (TPSA) is 12.5 Å². The first-order valence-corrected chi connectivity index (χ1v) is 30.0. The van der Waals surface area contributed by atoms with Crippen LogP contribution in [-0.4, -0.2) is 0 Å². The zero-order valence-electron chi connectivity index (χ0n) is 45.7. The van der Waals surface area contributed by atoms with Crippen molar-refractivity contribution in [3.63, 3.8) is 0 Å². The summed E-state index contributed by atoms with van der Waals surface area (Å²) in [5, 5.41) is 0. The monoisotopic (exact) mass is 1090 g/mol. The zero-order chi connectivity index (χ0) is 55.1. The summed E-state index contributed by atoms with van der Waals surface area (Å²) in [5.41, 5.74) is 26.7. The van der Waals surface area contributed by atoms with Crippen molar-refractivity contribution in [1.82, 2.24) is 0 Å². The lowest BCUT2D eigenvalue weighted by Gasteiger charge is -2.39. The van der Waals surface area contributed by atoms with Crippen molar-refractivity contribution in [3.8, 4) is 56.0 Å². The molecule has 13 aromatic rings. The summed E-state index contributed by atoms with van der Waals surface area (Å²) >= 11 is 1.89. The molecule has 2 spiro atoms. The number of ether oxygens (including phenoxy) is 1. The molecule has 0 bridgehead atoms. The lowest BCUT2D eigenvalue weighted by Crippen LogP contribution is -2.32. The molecule has 0 N–H and O–H groups in total. The highest BCUT2D eigenvalue weighted by Gasteiger charge is 2.53. The molecule has 13 aromatic carbocycles. The van der Waals surface area contributed by atoms with E-state index in [4.69, 9.17) is 4.74 Å². The Labute approximate surface area is 493 Å². The van der Waals surface area contributed by atoms with Crippen molar-refractivity contribution < 1.29 is 4.74 Å². The van der Waals surface area contributed by atoms with Crippen LogP contribution >= 0.6 is 11.8 Å². The Bertz CT molecular complexity index is 4560. The van der Waals surface area contributed by atoms with E-state index in [-0.39, 0.29) is 0 Å². The van der Waals surface area contributed by atoms with Crippen LogP contribution in [0.4, 0.5) is 17.1 Å².